The first-order chi connectivity index (χ1) is 14.2. The molecule has 3 aromatic rings. The Bertz CT molecular complexity index is 970. The number of rotatable bonds is 6. The molecule has 0 aliphatic heterocycles. The van der Waals surface area contributed by atoms with Gasteiger partial charge in [-0.15, -0.1) is 0 Å². The Balaban J connectivity index is 1.59. The lowest BCUT2D eigenvalue weighted by molar-refractivity contribution is 0.332. The molecule has 0 N–H and O–H groups in total. The van der Waals surface area contributed by atoms with Crippen molar-refractivity contribution in [2.45, 2.75) is 90.4 Å². The fourth-order valence-corrected chi connectivity index (χ4v) is 4.95. The van der Waals surface area contributed by atoms with Crippen molar-refractivity contribution in [3.8, 4) is 0 Å². The zero-order chi connectivity index (χ0) is 21.5. The van der Waals surface area contributed by atoms with E-state index in [0.29, 0.717) is 5.92 Å². The summed E-state index contributed by atoms with van der Waals surface area (Å²) in [4.78, 5) is 0. The maximum atomic E-state index is 6.27. The Morgan fingerprint density at radius 2 is 1.57 bits per heavy atom. The molecule has 1 nitrogen and oxygen atoms in total. The van der Waals surface area contributed by atoms with Crippen molar-refractivity contribution < 1.29 is 4.42 Å². The minimum absolute atomic E-state index is 0.208. The van der Waals surface area contributed by atoms with Crippen LogP contribution in [0.4, 0.5) is 0 Å². The van der Waals surface area contributed by atoms with Crippen LogP contribution in [0.2, 0.25) is 0 Å². The molecule has 1 radical (unpaired) electrons. The Kier molecular flexibility index (Phi) is 5.64. The predicted octanol–water partition coefficient (Wildman–Crippen LogP) is 6.73. The smallest absolute Gasteiger partial charge is 0.240 e. The van der Waals surface area contributed by atoms with Crippen LogP contribution in [0.5, 0.6) is 0 Å². The standard InChI is InChI=1S/C28H36BO/c1-7-8-9-19(2)20-10-12-22(13-11-20)29-26-17-21-16-23-24(18-25(21)30-26)28(5,6)15-14-27(23,3)4/h10-13,16-19H,7-9,14-15H2,1-6H3. The van der Waals surface area contributed by atoms with Gasteiger partial charge in [0.15, 0.2) is 0 Å². The third kappa shape index (κ3) is 4.11. The third-order valence-electron chi connectivity index (χ3n) is 7.31. The van der Waals surface area contributed by atoms with E-state index in [1.165, 1.54) is 59.6 Å². The molecule has 0 saturated heterocycles. The average Bonchev–Trinajstić information content (AvgIpc) is 3.11. The van der Waals surface area contributed by atoms with Crippen LogP contribution in [0.3, 0.4) is 0 Å². The summed E-state index contributed by atoms with van der Waals surface area (Å²) < 4.78 is 6.27. The van der Waals surface area contributed by atoms with E-state index >= 15 is 0 Å². The SMILES string of the molecule is CCCCC(C)c1ccc([B]c2cc3cc4c(cc3o2)C(C)(C)CCC4(C)C)cc1. The highest BCUT2D eigenvalue weighted by Gasteiger charge is 2.37. The van der Waals surface area contributed by atoms with Crippen LogP contribution in [0.1, 0.15) is 96.3 Å². The molecule has 0 fully saturated rings. The normalized spacial score (nSPS) is 18.2. The Labute approximate surface area is 183 Å². The van der Waals surface area contributed by atoms with Crippen molar-refractivity contribution in [3.63, 3.8) is 0 Å². The van der Waals surface area contributed by atoms with Gasteiger partial charge in [-0.05, 0) is 70.9 Å². The largest absolute Gasteiger partial charge is 0.472 e. The van der Waals surface area contributed by atoms with Gasteiger partial charge in [-0.2, -0.15) is 0 Å². The highest BCUT2D eigenvalue weighted by atomic mass is 16.3. The van der Waals surface area contributed by atoms with Gasteiger partial charge in [0.1, 0.15) is 5.58 Å². The van der Waals surface area contributed by atoms with Crippen LogP contribution in [0.25, 0.3) is 11.0 Å². The molecule has 30 heavy (non-hydrogen) atoms. The van der Waals surface area contributed by atoms with Gasteiger partial charge in [0.2, 0.25) is 7.28 Å². The number of benzene rings is 2. The summed E-state index contributed by atoms with van der Waals surface area (Å²) in [5, 5.41) is 1.22. The fraction of sp³-hybridized carbons (Fsp3) is 0.500. The molecule has 2 aromatic carbocycles. The third-order valence-corrected chi connectivity index (χ3v) is 7.31. The monoisotopic (exact) mass is 399 g/mol. The summed E-state index contributed by atoms with van der Waals surface area (Å²) in [6.07, 6.45) is 6.28. The van der Waals surface area contributed by atoms with Gasteiger partial charge in [-0.3, -0.25) is 0 Å². The molecule has 1 aliphatic carbocycles. The number of fused-ring (bicyclic) bond motifs is 2. The molecule has 0 spiro atoms. The molecule has 0 amide bonds. The lowest BCUT2D eigenvalue weighted by Gasteiger charge is -2.41. The van der Waals surface area contributed by atoms with E-state index in [2.05, 4.69) is 91.3 Å². The first kappa shape index (κ1) is 21.3. The average molecular weight is 399 g/mol. The summed E-state index contributed by atoms with van der Waals surface area (Å²) in [6.45, 7) is 14.1. The van der Waals surface area contributed by atoms with Gasteiger partial charge in [0, 0.05) is 5.39 Å². The topological polar surface area (TPSA) is 13.1 Å². The second kappa shape index (κ2) is 7.95. The van der Waals surface area contributed by atoms with Crippen molar-refractivity contribution >= 4 is 29.4 Å². The van der Waals surface area contributed by atoms with Crippen LogP contribution in [-0.4, -0.2) is 7.28 Å². The van der Waals surface area contributed by atoms with Crippen LogP contribution in [-0.2, 0) is 10.8 Å². The maximum absolute atomic E-state index is 6.27. The summed E-state index contributed by atoms with van der Waals surface area (Å²) in [5.41, 5.74) is 7.96. The van der Waals surface area contributed by atoms with E-state index in [9.17, 15) is 0 Å². The number of furan rings is 1. The summed E-state index contributed by atoms with van der Waals surface area (Å²) >= 11 is 0. The Hall–Kier alpha value is -1.96. The van der Waals surface area contributed by atoms with E-state index in [1.807, 2.05) is 0 Å². The second-order valence-corrected chi connectivity index (χ2v) is 10.7. The minimum Gasteiger partial charge on any atom is -0.472 e. The first-order valence-electron chi connectivity index (χ1n) is 11.7. The van der Waals surface area contributed by atoms with Gasteiger partial charge < -0.3 is 4.42 Å². The van der Waals surface area contributed by atoms with Crippen molar-refractivity contribution in [2.75, 3.05) is 0 Å². The minimum atomic E-state index is 0.208. The molecule has 1 aromatic heterocycles. The van der Waals surface area contributed by atoms with Crippen LogP contribution in [0.15, 0.2) is 46.9 Å². The first-order valence-corrected chi connectivity index (χ1v) is 11.7. The summed E-state index contributed by atoms with van der Waals surface area (Å²) in [5.74, 6) is 0.628. The lowest BCUT2D eigenvalue weighted by atomic mass is 9.63. The number of hydrogen-bond donors (Lipinski definition) is 0. The van der Waals surface area contributed by atoms with Gasteiger partial charge in [0.25, 0.3) is 0 Å². The molecule has 0 saturated carbocycles. The van der Waals surface area contributed by atoms with Gasteiger partial charge in [0.05, 0.1) is 5.66 Å². The molecule has 1 atom stereocenters. The van der Waals surface area contributed by atoms with Crippen molar-refractivity contribution in [2.24, 2.45) is 0 Å². The zero-order valence-electron chi connectivity index (χ0n) is 19.6. The van der Waals surface area contributed by atoms with Crippen molar-refractivity contribution in [1.29, 1.82) is 0 Å². The second-order valence-electron chi connectivity index (χ2n) is 10.7. The van der Waals surface area contributed by atoms with Gasteiger partial charge in [-0.25, -0.2) is 0 Å². The molecule has 2 heteroatoms. The molecular weight excluding hydrogens is 363 g/mol. The maximum Gasteiger partial charge on any atom is 0.240 e. The molecule has 1 unspecified atom stereocenters. The lowest BCUT2D eigenvalue weighted by Crippen LogP contribution is -2.33. The molecular formula is C28H36BO. The molecule has 1 aliphatic rings. The Morgan fingerprint density at radius 1 is 0.933 bits per heavy atom. The molecule has 4 rings (SSSR count). The summed E-state index contributed by atoms with van der Waals surface area (Å²) in [6, 6.07) is 15.9. The highest BCUT2D eigenvalue weighted by Crippen LogP contribution is 2.46. The van der Waals surface area contributed by atoms with E-state index in [0.717, 1.165) is 11.2 Å². The van der Waals surface area contributed by atoms with Gasteiger partial charge in [-0.1, -0.05) is 84.1 Å². The fourth-order valence-electron chi connectivity index (χ4n) is 4.95. The molecule has 0 bridgehead atoms. The van der Waals surface area contributed by atoms with Crippen molar-refractivity contribution in [1.82, 2.24) is 0 Å². The van der Waals surface area contributed by atoms with Gasteiger partial charge >= 0.3 is 0 Å². The molecule has 157 valence electrons. The molecule has 1 heterocycles. The number of unbranched alkanes of at least 4 members (excludes halogenated alkanes) is 1. The predicted molar refractivity (Wildman–Crippen MR) is 131 cm³/mol. The highest BCUT2D eigenvalue weighted by molar-refractivity contribution is 6.66. The van der Waals surface area contributed by atoms with Crippen LogP contribution in [0, 0.1) is 0 Å². The van der Waals surface area contributed by atoms with E-state index in [-0.39, 0.29) is 10.8 Å². The van der Waals surface area contributed by atoms with Crippen molar-refractivity contribution in [3.05, 3.63) is 59.2 Å². The van der Waals surface area contributed by atoms with E-state index in [4.69, 9.17) is 4.42 Å². The number of hydrogen-bond acceptors (Lipinski definition) is 1. The Morgan fingerprint density at radius 3 is 2.20 bits per heavy atom. The summed E-state index contributed by atoms with van der Waals surface area (Å²) in [7, 11) is 2.16. The zero-order valence-corrected chi connectivity index (χ0v) is 19.6. The van der Waals surface area contributed by atoms with E-state index < -0.39 is 0 Å². The van der Waals surface area contributed by atoms with E-state index in [1.54, 1.807) is 0 Å². The quantitative estimate of drug-likeness (QED) is 0.419. The van der Waals surface area contributed by atoms with Crippen LogP contribution < -0.4 is 11.1 Å². The van der Waals surface area contributed by atoms with Crippen LogP contribution >= 0.6 is 0 Å².